The number of aromatic nitrogens is 2. The molecule has 332 valence electrons. The van der Waals surface area contributed by atoms with Gasteiger partial charge < -0.3 is 36.4 Å². The van der Waals surface area contributed by atoms with Crippen molar-refractivity contribution in [1.82, 2.24) is 20.2 Å². The number of rotatable bonds is 16. The first-order valence-corrected chi connectivity index (χ1v) is 20.2. The Morgan fingerprint density at radius 1 is 0.984 bits per heavy atom. The summed E-state index contributed by atoms with van der Waals surface area (Å²) in [6, 6.07) is 9.43. The monoisotopic (exact) mass is 855 g/mol. The summed E-state index contributed by atoms with van der Waals surface area (Å²) >= 11 is 0. The molecule has 0 radical (unpaired) electrons. The van der Waals surface area contributed by atoms with E-state index in [1.165, 1.54) is 17.0 Å². The number of amides is 3. The number of carboxylic acids is 1. The zero-order valence-corrected chi connectivity index (χ0v) is 35.4. The van der Waals surface area contributed by atoms with E-state index in [4.69, 9.17) is 16.2 Å². The van der Waals surface area contributed by atoms with Crippen molar-refractivity contribution in [2.45, 2.75) is 135 Å². The number of ether oxygens (including phenoxy) is 1. The summed E-state index contributed by atoms with van der Waals surface area (Å²) in [4.78, 5) is 87.0. The number of nitrogens with two attached hydrogens (primary N) is 2. The van der Waals surface area contributed by atoms with Crippen LogP contribution in [0.3, 0.4) is 0 Å². The number of nitrogens with one attached hydrogen (secondary N) is 2. The minimum atomic E-state index is -5.28. The van der Waals surface area contributed by atoms with Gasteiger partial charge in [-0.2, -0.15) is 18.2 Å². The average Bonchev–Trinajstić information content (AvgIpc) is 3.69. The molecule has 1 aliphatic carbocycles. The van der Waals surface area contributed by atoms with E-state index in [0.717, 1.165) is 43.4 Å². The summed E-state index contributed by atoms with van der Waals surface area (Å²) < 4.78 is 46.9. The van der Waals surface area contributed by atoms with Crippen molar-refractivity contribution >= 4 is 47.1 Å². The molecule has 61 heavy (non-hydrogen) atoms. The zero-order valence-electron chi connectivity index (χ0n) is 35.4. The molecule has 3 amide bonds. The molecule has 3 aromatic rings. The number of aromatic amines is 1. The lowest BCUT2D eigenvalue weighted by Gasteiger charge is -2.41. The van der Waals surface area contributed by atoms with Crippen molar-refractivity contribution in [3.63, 3.8) is 0 Å². The maximum atomic E-state index is 14.5. The first-order valence-electron chi connectivity index (χ1n) is 20.2. The van der Waals surface area contributed by atoms with E-state index in [0.29, 0.717) is 16.4 Å². The largest absolute Gasteiger partial charge is 0.480 e. The molecular weight excluding hydrogens is 800 g/mol. The number of esters is 1. The van der Waals surface area contributed by atoms with Crippen LogP contribution in [0.25, 0.3) is 0 Å². The second-order valence-electron chi connectivity index (χ2n) is 17.2. The van der Waals surface area contributed by atoms with Crippen molar-refractivity contribution < 1.29 is 47.0 Å². The Kier molecular flexibility index (Phi) is 15.4. The summed E-state index contributed by atoms with van der Waals surface area (Å²) in [6.07, 6.45) is -1.92. The topological polar surface area (TPSA) is 231 Å². The molecule has 1 aliphatic rings. The van der Waals surface area contributed by atoms with E-state index < -0.39 is 71.2 Å². The lowest BCUT2D eigenvalue weighted by atomic mass is 9.94. The van der Waals surface area contributed by atoms with Crippen molar-refractivity contribution in [2.24, 2.45) is 0 Å². The number of halogens is 3. The summed E-state index contributed by atoms with van der Waals surface area (Å²) in [5, 5.41) is 12.9. The highest BCUT2D eigenvalue weighted by molar-refractivity contribution is 6.00. The molecule has 4 rings (SSSR count). The zero-order chi connectivity index (χ0) is 45.4. The van der Waals surface area contributed by atoms with Gasteiger partial charge in [-0.25, -0.2) is 4.79 Å². The number of anilines is 3. The molecule has 0 spiro atoms. The minimum absolute atomic E-state index is 0.0229. The Bertz CT molecular complexity index is 2120. The lowest BCUT2D eigenvalue weighted by Crippen LogP contribution is -2.59. The van der Waals surface area contributed by atoms with Gasteiger partial charge in [0.2, 0.25) is 11.9 Å². The van der Waals surface area contributed by atoms with Crippen LogP contribution < -0.4 is 27.2 Å². The van der Waals surface area contributed by atoms with Gasteiger partial charge >= 0.3 is 24.0 Å². The van der Waals surface area contributed by atoms with Crippen LogP contribution in [0, 0.1) is 0 Å². The van der Waals surface area contributed by atoms with Crippen LogP contribution >= 0.6 is 0 Å². The second-order valence-corrected chi connectivity index (χ2v) is 17.2. The number of carbonyl (C=O) groups excluding carboxylic acids is 4. The standard InChI is InChI=1S/C43H56F3N7O8/c1-41(2,3)53(37(57)27-16-18-29(19-17-27)52(39(60)43(44,45)46)22-10-15-30-34(47)50-40(48)51-35(30)55)32(20-21-33(54)61-42(4,5)6)36(56)49-31(38(58)59)24-25-11-9-14-28(23-25)26-12-7-8-13-26/h9,11,14,16-19,23,26,31-32H,7-8,10,12-13,15,20-22,24H2,1-6H3,(H,49,56)(H,58,59)(H5,47,48,50,51,55)/t31-,32-/m0/s1. The smallest absolute Gasteiger partial charge is 0.471 e. The highest BCUT2D eigenvalue weighted by atomic mass is 19.4. The van der Waals surface area contributed by atoms with E-state index in [1.807, 2.05) is 18.2 Å². The molecule has 1 heterocycles. The quantitative estimate of drug-likeness (QED) is 0.110. The molecule has 15 nitrogen and oxygen atoms in total. The summed E-state index contributed by atoms with van der Waals surface area (Å²) in [7, 11) is 0. The minimum Gasteiger partial charge on any atom is -0.480 e. The van der Waals surface area contributed by atoms with E-state index in [1.54, 1.807) is 47.6 Å². The first kappa shape index (κ1) is 47.7. The van der Waals surface area contributed by atoms with Gasteiger partial charge in [0.1, 0.15) is 23.5 Å². The number of alkyl halides is 3. The van der Waals surface area contributed by atoms with Gasteiger partial charge in [0.25, 0.3) is 11.5 Å². The third kappa shape index (κ3) is 13.3. The fourth-order valence-corrected chi connectivity index (χ4v) is 7.49. The Morgan fingerprint density at radius 3 is 2.18 bits per heavy atom. The molecular formula is C43H56F3N7O8. The van der Waals surface area contributed by atoms with Crippen LogP contribution in [-0.4, -0.2) is 85.6 Å². The Labute approximate surface area is 352 Å². The molecule has 1 fully saturated rings. The summed E-state index contributed by atoms with van der Waals surface area (Å²) in [6.45, 7) is 9.39. The number of H-pyrrole nitrogens is 1. The summed E-state index contributed by atoms with van der Waals surface area (Å²) in [5.74, 6) is -5.86. The van der Waals surface area contributed by atoms with Crippen LogP contribution in [0.4, 0.5) is 30.6 Å². The fourth-order valence-electron chi connectivity index (χ4n) is 7.49. The molecule has 0 bridgehead atoms. The van der Waals surface area contributed by atoms with E-state index in [2.05, 4.69) is 15.3 Å². The number of hydrogen-bond donors (Lipinski definition) is 5. The molecule has 0 saturated heterocycles. The third-order valence-corrected chi connectivity index (χ3v) is 10.2. The number of carbonyl (C=O) groups is 5. The number of benzene rings is 2. The Hall–Kier alpha value is -5.94. The van der Waals surface area contributed by atoms with Crippen molar-refractivity contribution in [2.75, 3.05) is 22.9 Å². The highest BCUT2D eigenvalue weighted by Gasteiger charge is 2.43. The van der Waals surface area contributed by atoms with Gasteiger partial charge in [-0.05, 0) is 115 Å². The molecule has 1 saturated carbocycles. The number of nitrogen functional groups attached to an aromatic ring is 2. The number of aliphatic carboxylic acids is 1. The Balaban J connectivity index is 1.64. The Morgan fingerprint density at radius 2 is 1.62 bits per heavy atom. The van der Waals surface area contributed by atoms with Gasteiger partial charge in [0, 0.05) is 36.2 Å². The van der Waals surface area contributed by atoms with Crippen LogP contribution in [0.1, 0.15) is 119 Å². The van der Waals surface area contributed by atoms with E-state index in [-0.39, 0.29) is 60.7 Å². The molecule has 2 atom stereocenters. The lowest BCUT2D eigenvalue weighted by molar-refractivity contribution is -0.170. The predicted molar refractivity (Wildman–Crippen MR) is 223 cm³/mol. The van der Waals surface area contributed by atoms with Crippen molar-refractivity contribution in [3.05, 3.63) is 81.1 Å². The third-order valence-electron chi connectivity index (χ3n) is 10.2. The van der Waals surface area contributed by atoms with Gasteiger partial charge in [0.15, 0.2) is 0 Å². The summed E-state index contributed by atoms with van der Waals surface area (Å²) in [5.41, 5.74) is 10.1. The SMILES string of the molecule is CC(C)(C)OC(=O)CC[C@@H](C(=O)N[C@@H](Cc1cccc(C2CCCC2)c1)C(=O)O)N(C(=O)c1ccc(N(CCCc2c(N)nc(N)[nH]c2=O)C(=O)C(F)(F)F)cc1)C(C)(C)C. The average molecular weight is 856 g/mol. The van der Waals surface area contributed by atoms with Crippen LogP contribution in [0.15, 0.2) is 53.3 Å². The van der Waals surface area contributed by atoms with Crippen LogP contribution in [0.2, 0.25) is 0 Å². The molecule has 18 heteroatoms. The first-order chi connectivity index (χ1) is 28.4. The maximum absolute atomic E-state index is 14.5. The predicted octanol–water partition coefficient (Wildman–Crippen LogP) is 5.66. The van der Waals surface area contributed by atoms with E-state index in [9.17, 15) is 47.0 Å². The normalized spacial score (nSPS) is 14.5. The number of carboxylic acid groups (broad SMARTS) is 1. The molecule has 2 aromatic carbocycles. The fraction of sp³-hybridized carbons (Fsp3) is 0.512. The molecule has 7 N–H and O–H groups in total. The van der Waals surface area contributed by atoms with Crippen molar-refractivity contribution in [1.29, 1.82) is 0 Å². The van der Waals surface area contributed by atoms with E-state index >= 15 is 0 Å². The van der Waals surface area contributed by atoms with Gasteiger partial charge in [-0.3, -0.25) is 29.0 Å². The molecule has 1 aromatic heterocycles. The number of nitrogens with zero attached hydrogens (tertiary/aromatic N) is 3. The maximum Gasteiger partial charge on any atom is 0.471 e. The van der Waals surface area contributed by atoms with Gasteiger partial charge in [0.05, 0.1) is 5.56 Å². The number of hydrogen-bond acceptors (Lipinski definition) is 10. The van der Waals surface area contributed by atoms with Crippen LogP contribution in [-0.2, 0) is 36.8 Å². The van der Waals surface area contributed by atoms with Gasteiger partial charge in [-0.1, -0.05) is 37.1 Å². The molecule has 0 aliphatic heterocycles. The van der Waals surface area contributed by atoms with Crippen LogP contribution in [0.5, 0.6) is 0 Å². The van der Waals surface area contributed by atoms with Crippen molar-refractivity contribution in [3.8, 4) is 0 Å². The molecule has 0 unspecified atom stereocenters. The second kappa shape index (κ2) is 19.6. The van der Waals surface area contributed by atoms with Gasteiger partial charge in [-0.15, -0.1) is 0 Å². The highest BCUT2D eigenvalue weighted by Crippen LogP contribution is 2.34.